The third-order valence-corrected chi connectivity index (χ3v) is 3.82. The molecule has 1 saturated heterocycles. The highest BCUT2D eigenvalue weighted by molar-refractivity contribution is 5.79. The van der Waals surface area contributed by atoms with E-state index in [-0.39, 0.29) is 24.0 Å². The number of rotatable bonds is 5. The summed E-state index contributed by atoms with van der Waals surface area (Å²) in [6.07, 6.45) is 1.22. The molecule has 1 amide bonds. The Kier molecular flexibility index (Phi) is 5.40. The Labute approximate surface area is 105 Å². The molecule has 0 aromatic carbocycles. The first-order chi connectivity index (χ1) is 7.99. The molecule has 17 heavy (non-hydrogen) atoms. The predicted molar refractivity (Wildman–Crippen MR) is 68.8 cm³/mol. The molecule has 1 N–H and O–H groups in total. The molecule has 0 aromatic rings. The molecule has 100 valence electrons. The van der Waals surface area contributed by atoms with E-state index in [2.05, 4.69) is 19.2 Å². The first kappa shape index (κ1) is 14.5. The Morgan fingerprint density at radius 3 is 2.41 bits per heavy atom. The number of hydrogen-bond donors (Lipinski definition) is 1. The Hall–Kier alpha value is -0.610. The summed E-state index contributed by atoms with van der Waals surface area (Å²) in [5.74, 6) is 0.555. The van der Waals surface area contributed by atoms with Gasteiger partial charge >= 0.3 is 0 Å². The summed E-state index contributed by atoms with van der Waals surface area (Å²) in [5.41, 5.74) is 0. The average molecular weight is 242 g/mol. The van der Waals surface area contributed by atoms with Crippen molar-refractivity contribution in [1.82, 2.24) is 10.2 Å². The molecule has 4 nitrogen and oxygen atoms in total. The summed E-state index contributed by atoms with van der Waals surface area (Å²) in [6.45, 7) is 7.92. The Morgan fingerprint density at radius 2 is 1.94 bits per heavy atom. The molecular formula is C13H26N2O2. The van der Waals surface area contributed by atoms with Gasteiger partial charge in [-0.25, -0.2) is 0 Å². The molecule has 0 bridgehead atoms. The standard InChI is InChI=1S/C13H26N2O2/c1-9-10(2)17-11(3)12(9)13(16)15(5)8-6-7-14-4/h9-12,14H,6-8H2,1-5H3. The number of ether oxygens (including phenoxy) is 1. The lowest BCUT2D eigenvalue weighted by Gasteiger charge is -2.25. The normalized spacial score (nSPS) is 32.8. The quantitative estimate of drug-likeness (QED) is 0.734. The number of amides is 1. The van der Waals surface area contributed by atoms with Crippen molar-refractivity contribution in [1.29, 1.82) is 0 Å². The first-order valence-electron chi connectivity index (χ1n) is 6.54. The molecule has 0 saturated carbocycles. The van der Waals surface area contributed by atoms with Crippen LogP contribution in [0.1, 0.15) is 27.2 Å². The van der Waals surface area contributed by atoms with Crippen LogP contribution < -0.4 is 5.32 Å². The lowest BCUT2D eigenvalue weighted by Crippen LogP contribution is -2.39. The van der Waals surface area contributed by atoms with Crippen LogP contribution in [-0.2, 0) is 9.53 Å². The highest BCUT2D eigenvalue weighted by Crippen LogP contribution is 2.33. The van der Waals surface area contributed by atoms with Crippen molar-refractivity contribution in [2.45, 2.75) is 39.4 Å². The molecule has 0 aromatic heterocycles. The number of carbonyl (C=O) groups excluding carboxylic acids is 1. The van der Waals surface area contributed by atoms with Crippen molar-refractivity contribution < 1.29 is 9.53 Å². The zero-order valence-electron chi connectivity index (χ0n) is 11.7. The molecule has 1 rings (SSSR count). The van der Waals surface area contributed by atoms with Crippen LogP contribution in [0, 0.1) is 11.8 Å². The second kappa shape index (κ2) is 6.36. The fourth-order valence-electron chi connectivity index (χ4n) is 2.55. The van der Waals surface area contributed by atoms with E-state index in [4.69, 9.17) is 4.74 Å². The number of carbonyl (C=O) groups is 1. The molecule has 4 atom stereocenters. The van der Waals surface area contributed by atoms with E-state index in [1.165, 1.54) is 0 Å². The topological polar surface area (TPSA) is 41.6 Å². The number of hydrogen-bond acceptors (Lipinski definition) is 3. The maximum atomic E-state index is 12.3. The van der Waals surface area contributed by atoms with Crippen LogP contribution in [0.15, 0.2) is 0 Å². The zero-order chi connectivity index (χ0) is 13.0. The van der Waals surface area contributed by atoms with E-state index < -0.39 is 0 Å². The highest BCUT2D eigenvalue weighted by atomic mass is 16.5. The smallest absolute Gasteiger partial charge is 0.228 e. The van der Waals surface area contributed by atoms with Crippen molar-refractivity contribution in [3.8, 4) is 0 Å². The monoisotopic (exact) mass is 242 g/mol. The second-order valence-electron chi connectivity index (χ2n) is 5.15. The molecular weight excluding hydrogens is 216 g/mol. The molecule has 1 fully saturated rings. The van der Waals surface area contributed by atoms with E-state index in [1.54, 1.807) is 0 Å². The van der Waals surface area contributed by atoms with Gasteiger partial charge in [0, 0.05) is 13.6 Å². The minimum Gasteiger partial charge on any atom is -0.374 e. The largest absolute Gasteiger partial charge is 0.374 e. The minimum absolute atomic E-state index is 0.0181. The Morgan fingerprint density at radius 1 is 1.29 bits per heavy atom. The van der Waals surface area contributed by atoms with E-state index >= 15 is 0 Å². The maximum Gasteiger partial charge on any atom is 0.228 e. The van der Waals surface area contributed by atoms with Gasteiger partial charge in [0.2, 0.25) is 5.91 Å². The van der Waals surface area contributed by atoms with Gasteiger partial charge in [-0.1, -0.05) is 6.92 Å². The van der Waals surface area contributed by atoms with Gasteiger partial charge in [0.15, 0.2) is 0 Å². The van der Waals surface area contributed by atoms with Crippen LogP contribution in [-0.4, -0.2) is 50.2 Å². The third-order valence-electron chi connectivity index (χ3n) is 3.82. The molecule has 1 aliphatic heterocycles. The molecule has 1 aliphatic rings. The number of nitrogens with one attached hydrogen (secondary N) is 1. The van der Waals surface area contributed by atoms with Gasteiger partial charge in [0.1, 0.15) is 0 Å². The third kappa shape index (κ3) is 3.42. The van der Waals surface area contributed by atoms with E-state index in [0.29, 0.717) is 5.92 Å². The van der Waals surface area contributed by atoms with Gasteiger partial charge in [-0.3, -0.25) is 4.79 Å². The summed E-state index contributed by atoms with van der Waals surface area (Å²) >= 11 is 0. The summed E-state index contributed by atoms with van der Waals surface area (Å²) in [7, 11) is 3.82. The average Bonchev–Trinajstić information content (AvgIpc) is 2.52. The molecule has 0 aliphatic carbocycles. The molecule has 1 heterocycles. The van der Waals surface area contributed by atoms with Gasteiger partial charge in [0.05, 0.1) is 18.1 Å². The number of nitrogens with zero attached hydrogens (tertiary/aromatic N) is 1. The Bertz CT molecular complexity index is 258. The van der Waals surface area contributed by atoms with Crippen molar-refractivity contribution >= 4 is 5.91 Å². The molecule has 0 radical (unpaired) electrons. The zero-order valence-corrected chi connectivity index (χ0v) is 11.7. The van der Waals surface area contributed by atoms with Gasteiger partial charge in [-0.15, -0.1) is 0 Å². The van der Waals surface area contributed by atoms with Crippen LogP contribution in [0.25, 0.3) is 0 Å². The lowest BCUT2D eigenvalue weighted by molar-refractivity contribution is -0.136. The fourth-order valence-corrected chi connectivity index (χ4v) is 2.55. The van der Waals surface area contributed by atoms with Crippen molar-refractivity contribution in [3.63, 3.8) is 0 Å². The minimum atomic E-state index is 0.0181. The Balaban J connectivity index is 2.51. The van der Waals surface area contributed by atoms with Gasteiger partial charge in [-0.05, 0) is 39.8 Å². The summed E-state index contributed by atoms with van der Waals surface area (Å²) in [6, 6.07) is 0. The van der Waals surface area contributed by atoms with E-state index in [9.17, 15) is 4.79 Å². The van der Waals surface area contributed by atoms with Gasteiger partial charge < -0.3 is 15.0 Å². The second-order valence-corrected chi connectivity index (χ2v) is 5.15. The van der Waals surface area contributed by atoms with E-state index in [1.807, 2.05) is 25.9 Å². The van der Waals surface area contributed by atoms with Crippen LogP contribution in [0.2, 0.25) is 0 Å². The van der Waals surface area contributed by atoms with Crippen LogP contribution in [0.5, 0.6) is 0 Å². The first-order valence-corrected chi connectivity index (χ1v) is 6.54. The van der Waals surface area contributed by atoms with Crippen LogP contribution >= 0.6 is 0 Å². The van der Waals surface area contributed by atoms with E-state index in [0.717, 1.165) is 19.5 Å². The fraction of sp³-hybridized carbons (Fsp3) is 0.923. The van der Waals surface area contributed by atoms with Crippen molar-refractivity contribution in [2.24, 2.45) is 11.8 Å². The van der Waals surface area contributed by atoms with Gasteiger partial charge in [0.25, 0.3) is 0 Å². The van der Waals surface area contributed by atoms with Crippen molar-refractivity contribution in [2.75, 3.05) is 27.2 Å². The molecule has 4 unspecified atom stereocenters. The van der Waals surface area contributed by atoms with Crippen molar-refractivity contribution in [3.05, 3.63) is 0 Å². The molecule has 4 heteroatoms. The lowest BCUT2D eigenvalue weighted by atomic mass is 9.88. The summed E-state index contributed by atoms with van der Waals surface area (Å²) in [5, 5.41) is 3.09. The van der Waals surface area contributed by atoms with Crippen LogP contribution in [0.3, 0.4) is 0 Å². The SMILES string of the molecule is CNCCCN(C)C(=O)C1C(C)OC(C)C1C. The molecule has 0 spiro atoms. The predicted octanol–water partition coefficient (Wildman–Crippen LogP) is 1.11. The summed E-state index contributed by atoms with van der Waals surface area (Å²) < 4.78 is 5.72. The summed E-state index contributed by atoms with van der Waals surface area (Å²) in [4.78, 5) is 14.2. The maximum absolute atomic E-state index is 12.3. The van der Waals surface area contributed by atoms with Gasteiger partial charge in [-0.2, -0.15) is 0 Å². The van der Waals surface area contributed by atoms with Crippen LogP contribution in [0.4, 0.5) is 0 Å². The highest BCUT2D eigenvalue weighted by Gasteiger charge is 2.42.